The molecule has 0 amide bonds. The predicted octanol–water partition coefficient (Wildman–Crippen LogP) is 1.27. The van der Waals surface area contributed by atoms with Crippen LogP contribution in [0.2, 0.25) is 0 Å². The van der Waals surface area contributed by atoms with E-state index < -0.39 is 17.5 Å². The van der Waals surface area contributed by atoms with Crippen LogP contribution in [0.3, 0.4) is 0 Å². The van der Waals surface area contributed by atoms with Gasteiger partial charge in [-0.1, -0.05) is 13.0 Å². The van der Waals surface area contributed by atoms with Crippen LogP contribution in [0, 0.1) is 11.8 Å². The minimum Gasteiger partial charge on any atom is -0.463 e. The van der Waals surface area contributed by atoms with Crippen molar-refractivity contribution in [2.75, 3.05) is 19.7 Å². The number of rotatable bonds is 0. The van der Waals surface area contributed by atoms with Crippen molar-refractivity contribution in [2.24, 2.45) is 11.8 Å². The van der Waals surface area contributed by atoms with E-state index in [1.807, 2.05) is 0 Å². The molecule has 1 N–H and O–H groups in total. The molecule has 5 atom stereocenters. The van der Waals surface area contributed by atoms with Crippen molar-refractivity contribution in [3.05, 3.63) is 11.6 Å². The lowest BCUT2D eigenvalue weighted by Crippen LogP contribution is -2.46. The highest BCUT2D eigenvalue weighted by molar-refractivity contribution is 5.89. The van der Waals surface area contributed by atoms with Gasteiger partial charge in [-0.15, -0.1) is 0 Å². The van der Waals surface area contributed by atoms with E-state index in [4.69, 9.17) is 9.47 Å². The van der Waals surface area contributed by atoms with Gasteiger partial charge >= 0.3 is 11.9 Å². The number of cyclic esters (lactones) is 1. The number of carbonyl (C=O) groups excluding carboxylic acids is 2. The lowest BCUT2D eigenvalue weighted by atomic mass is 9.85. The van der Waals surface area contributed by atoms with Crippen molar-refractivity contribution < 1.29 is 24.2 Å². The molecular formula is C18H27NO5. The van der Waals surface area contributed by atoms with Gasteiger partial charge in [0, 0.05) is 18.0 Å². The molecule has 0 aromatic heterocycles. The van der Waals surface area contributed by atoms with Crippen molar-refractivity contribution in [2.45, 2.75) is 57.8 Å². The van der Waals surface area contributed by atoms with Crippen LogP contribution in [0.1, 0.15) is 40.0 Å². The van der Waals surface area contributed by atoms with Crippen LogP contribution in [0.5, 0.6) is 0 Å². The van der Waals surface area contributed by atoms with Gasteiger partial charge in [0.1, 0.15) is 6.10 Å². The number of hydrogen-bond acceptors (Lipinski definition) is 6. The highest BCUT2D eigenvalue weighted by atomic mass is 16.6. The second-order valence-corrected chi connectivity index (χ2v) is 7.47. The second-order valence-electron chi connectivity index (χ2n) is 7.47. The fraction of sp³-hybridized carbons (Fsp3) is 0.778. The zero-order valence-electron chi connectivity index (χ0n) is 14.7. The van der Waals surface area contributed by atoms with Crippen molar-refractivity contribution in [3.8, 4) is 0 Å². The summed E-state index contributed by atoms with van der Waals surface area (Å²) in [4.78, 5) is 27.3. The quantitative estimate of drug-likeness (QED) is 0.530. The Morgan fingerprint density at radius 2 is 2.00 bits per heavy atom. The first-order chi connectivity index (χ1) is 11.3. The molecule has 3 saturated heterocycles. The highest BCUT2D eigenvalue weighted by Gasteiger charge is 2.48. The molecule has 3 fully saturated rings. The third-order valence-electron chi connectivity index (χ3n) is 5.97. The number of ether oxygens (including phenoxy) is 2. The van der Waals surface area contributed by atoms with E-state index in [1.165, 1.54) is 6.92 Å². The molecule has 0 aliphatic carbocycles. The van der Waals surface area contributed by atoms with Crippen molar-refractivity contribution in [3.63, 3.8) is 0 Å². The Bertz CT molecular complexity index is 556. The summed E-state index contributed by atoms with van der Waals surface area (Å²) in [5, 5.41) is 10.6. The summed E-state index contributed by atoms with van der Waals surface area (Å²) in [6.07, 6.45) is 3.59. The third-order valence-corrected chi connectivity index (χ3v) is 5.97. The normalized spacial score (nSPS) is 42.9. The SMILES string of the molecule is C/C=C1\C[C@@H](C)[C@@](C)(O)C(=O)OC[C@@H]2CCN3CC[C@@H](OC1=O)[C@H]23. The van der Waals surface area contributed by atoms with E-state index >= 15 is 0 Å². The van der Waals surface area contributed by atoms with Gasteiger partial charge in [-0.25, -0.2) is 9.59 Å². The maximum Gasteiger partial charge on any atom is 0.338 e. The Balaban J connectivity index is 1.89. The summed E-state index contributed by atoms with van der Waals surface area (Å²) in [5.74, 6) is -1.23. The van der Waals surface area contributed by atoms with Gasteiger partial charge in [-0.3, -0.25) is 4.90 Å². The molecule has 0 saturated carbocycles. The molecule has 3 aliphatic heterocycles. The Morgan fingerprint density at radius 1 is 1.29 bits per heavy atom. The molecule has 3 rings (SSSR count). The molecule has 3 heterocycles. The summed E-state index contributed by atoms with van der Waals surface area (Å²) >= 11 is 0. The van der Waals surface area contributed by atoms with E-state index in [1.54, 1.807) is 19.9 Å². The van der Waals surface area contributed by atoms with Gasteiger partial charge in [-0.2, -0.15) is 0 Å². The molecule has 0 aromatic rings. The third kappa shape index (κ3) is 2.97. The van der Waals surface area contributed by atoms with E-state index in [0.717, 1.165) is 25.9 Å². The predicted molar refractivity (Wildman–Crippen MR) is 87.1 cm³/mol. The summed E-state index contributed by atoms with van der Waals surface area (Å²) in [7, 11) is 0. The zero-order valence-corrected chi connectivity index (χ0v) is 14.7. The number of esters is 2. The first-order valence-corrected chi connectivity index (χ1v) is 8.84. The number of nitrogens with zero attached hydrogens (tertiary/aromatic N) is 1. The largest absolute Gasteiger partial charge is 0.463 e. The van der Waals surface area contributed by atoms with Crippen LogP contribution in [-0.2, 0) is 19.1 Å². The molecule has 6 heteroatoms. The first kappa shape index (κ1) is 17.4. The molecule has 6 nitrogen and oxygen atoms in total. The van der Waals surface area contributed by atoms with Gasteiger partial charge in [0.2, 0.25) is 0 Å². The number of hydrogen-bond donors (Lipinski definition) is 1. The summed E-state index contributed by atoms with van der Waals surface area (Å²) < 4.78 is 11.3. The number of aliphatic hydroxyl groups is 1. The second kappa shape index (κ2) is 6.48. The van der Waals surface area contributed by atoms with Gasteiger partial charge in [-0.05, 0) is 45.6 Å². The molecule has 0 bridgehead atoms. The molecule has 134 valence electrons. The van der Waals surface area contributed by atoms with Crippen LogP contribution in [-0.4, -0.2) is 59.4 Å². The van der Waals surface area contributed by atoms with Crippen molar-refractivity contribution in [1.82, 2.24) is 4.90 Å². The fourth-order valence-electron chi connectivity index (χ4n) is 4.11. The average Bonchev–Trinajstić information content (AvgIpc) is 3.12. The van der Waals surface area contributed by atoms with Gasteiger partial charge < -0.3 is 14.6 Å². The van der Waals surface area contributed by atoms with Crippen molar-refractivity contribution >= 4 is 11.9 Å². The van der Waals surface area contributed by atoms with E-state index in [2.05, 4.69) is 4.90 Å². The standard InChI is InChI=1S/C18H27NO5/c1-4-12-9-11(2)18(3,22)17(21)23-10-13-5-7-19-8-6-14(15(13)19)24-16(12)20/h4,11,13-15,22H,5-10H2,1-3H3/b12-4+/t11-,13+,14-,15+,18-/m1/s1. The molecule has 0 unspecified atom stereocenters. The Labute approximate surface area is 142 Å². The maximum atomic E-state index is 12.6. The molecule has 24 heavy (non-hydrogen) atoms. The number of carbonyl (C=O) groups is 2. The Kier molecular flexibility index (Phi) is 4.71. The molecule has 0 spiro atoms. The smallest absolute Gasteiger partial charge is 0.338 e. The van der Waals surface area contributed by atoms with Gasteiger partial charge in [0.05, 0.1) is 12.6 Å². The highest BCUT2D eigenvalue weighted by Crippen LogP contribution is 2.36. The molecule has 0 radical (unpaired) electrons. The van der Waals surface area contributed by atoms with E-state index in [9.17, 15) is 14.7 Å². The summed E-state index contributed by atoms with van der Waals surface area (Å²) in [6, 6.07) is 0.113. The molecule has 0 aromatic carbocycles. The van der Waals surface area contributed by atoms with Crippen LogP contribution in [0.4, 0.5) is 0 Å². The van der Waals surface area contributed by atoms with Crippen LogP contribution < -0.4 is 0 Å². The Morgan fingerprint density at radius 3 is 2.71 bits per heavy atom. The average molecular weight is 337 g/mol. The summed E-state index contributed by atoms with van der Waals surface area (Å²) in [5.41, 5.74) is -1.12. The van der Waals surface area contributed by atoms with E-state index in [0.29, 0.717) is 5.57 Å². The van der Waals surface area contributed by atoms with Gasteiger partial charge in [0.25, 0.3) is 0 Å². The first-order valence-electron chi connectivity index (χ1n) is 8.84. The van der Waals surface area contributed by atoms with Crippen LogP contribution in [0.15, 0.2) is 11.6 Å². The molecular weight excluding hydrogens is 310 g/mol. The zero-order chi connectivity index (χ0) is 17.5. The van der Waals surface area contributed by atoms with E-state index in [-0.39, 0.29) is 37.1 Å². The lowest BCUT2D eigenvalue weighted by molar-refractivity contribution is -0.172. The van der Waals surface area contributed by atoms with Crippen LogP contribution >= 0.6 is 0 Å². The monoisotopic (exact) mass is 337 g/mol. The summed E-state index contributed by atoms with van der Waals surface area (Å²) in [6.45, 7) is 7.11. The molecule has 3 aliphatic rings. The number of allylic oxidation sites excluding steroid dienone is 1. The van der Waals surface area contributed by atoms with Crippen LogP contribution in [0.25, 0.3) is 0 Å². The topological polar surface area (TPSA) is 76.1 Å². The van der Waals surface area contributed by atoms with Gasteiger partial charge in [0.15, 0.2) is 5.60 Å². The minimum absolute atomic E-state index is 0.113. The minimum atomic E-state index is -1.62. The van der Waals surface area contributed by atoms with Crippen molar-refractivity contribution in [1.29, 1.82) is 0 Å². The lowest BCUT2D eigenvalue weighted by Gasteiger charge is -2.32. The maximum absolute atomic E-state index is 12.6. The Hall–Kier alpha value is -1.40. The fourth-order valence-corrected chi connectivity index (χ4v) is 4.11.